The lowest BCUT2D eigenvalue weighted by Gasteiger charge is -2.26. The topological polar surface area (TPSA) is 80.8 Å². The van der Waals surface area contributed by atoms with Crippen LogP contribution in [0.2, 0.25) is 0 Å². The average molecular weight is 497 g/mol. The second kappa shape index (κ2) is 9.73. The molecular formula is C26H32N4O4S. The minimum atomic E-state index is -3.57. The number of sulfonamides is 1. The Kier molecular flexibility index (Phi) is 6.67. The van der Waals surface area contributed by atoms with Crippen LogP contribution in [0.4, 0.5) is 0 Å². The summed E-state index contributed by atoms with van der Waals surface area (Å²) >= 11 is 0. The molecular weight excluding hydrogens is 464 g/mol. The van der Waals surface area contributed by atoms with Crippen molar-refractivity contribution in [2.45, 2.75) is 44.8 Å². The highest BCUT2D eigenvalue weighted by Crippen LogP contribution is 2.28. The number of morpholine rings is 1. The van der Waals surface area contributed by atoms with Crippen LogP contribution in [0.3, 0.4) is 0 Å². The van der Waals surface area contributed by atoms with Crippen molar-refractivity contribution in [3.63, 3.8) is 0 Å². The van der Waals surface area contributed by atoms with Gasteiger partial charge in [-0.25, -0.2) is 13.4 Å². The summed E-state index contributed by atoms with van der Waals surface area (Å²) in [4.78, 5) is 7.38. The molecule has 0 saturated carbocycles. The van der Waals surface area contributed by atoms with Gasteiger partial charge in [-0.15, -0.1) is 0 Å². The molecule has 0 bridgehead atoms. The number of rotatable bonds is 8. The first kappa shape index (κ1) is 24.0. The second-order valence-corrected chi connectivity index (χ2v) is 10.9. The number of para-hydroxylation sites is 1. The van der Waals surface area contributed by atoms with Gasteiger partial charge in [-0.1, -0.05) is 25.1 Å². The van der Waals surface area contributed by atoms with Crippen LogP contribution in [0.25, 0.3) is 22.0 Å². The molecule has 0 aliphatic carbocycles. The van der Waals surface area contributed by atoms with Crippen LogP contribution in [-0.2, 0) is 40.8 Å². The number of nitrogens with zero attached hydrogens (tertiary/aromatic N) is 4. The molecule has 1 fully saturated rings. The quantitative estimate of drug-likeness (QED) is 0.367. The second-order valence-electron chi connectivity index (χ2n) is 8.97. The summed E-state index contributed by atoms with van der Waals surface area (Å²) in [5, 5.41) is 1.15. The first-order chi connectivity index (χ1) is 16.9. The predicted octanol–water partition coefficient (Wildman–Crippen LogP) is 4.02. The maximum absolute atomic E-state index is 13.1. The maximum atomic E-state index is 13.1. The van der Waals surface area contributed by atoms with Crippen molar-refractivity contribution in [1.29, 1.82) is 0 Å². The van der Waals surface area contributed by atoms with E-state index >= 15 is 0 Å². The molecule has 0 amide bonds. The van der Waals surface area contributed by atoms with Crippen molar-refractivity contribution in [3.8, 4) is 0 Å². The van der Waals surface area contributed by atoms with E-state index < -0.39 is 10.0 Å². The molecule has 0 radical (unpaired) electrons. The third kappa shape index (κ3) is 4.49. The Bertz CT molecular complexity index is 1450. The maximum Gasteiger partial charge on any atom is 0.243 e. The molecule has 2 aromatic carbocycles. The van der Waals surface area contributed by atoms with Crippen molar-refractivity contribution in [2.75, 3.05) is 33.4 Å². The highest BCUT2D eigenvalue weighted by Gasteiger charge is 2.27. The summed E-state index contributed by atoms with van der Waals surface area (Å²) in [5.41, 5.74) is 3.78. The van der Waals surface area contributed by atoms with Gasteiger partial charge in [0, 0.05) is 43.5 Å². The Morgan fingerprint density at radius 2 is 1.83 bits per heavy atom. The Morgan fingerprint density at radius 1 is 1.06 bits per heavy atom. The zero-order valence-electron chi connectivity index (χ0n) is 20.5. The van der Waals surface area contributed by atoms with E-state index in [1.807, 2.05) is 24.3 Å². The summed E-state index contributed by atoms with van der Waals surface area (Å²) in [6.07, 6.45) is 0.839. The zero-order valence-corrected chi connectivity index (χ0v) is 21.3. The zero-order chi connectivity index (χ0) is 24.6. The largest absolute Gasteiger partial charge is 0.461 e. The number of benzene rings is 2. The summed E-state index contributed by atoms with van der Waals surface area (Å²) in [5.74, 6) is 1.93. The third-order valence-corrected chi connectivity index (χ3v) is 8.56. The Labute approximate surface area is 206 Å². The van der Waals surface area contributed by atoms with E-state index in [0.29, 0.717) is 38.4 Å². The van der Waals surface area contributed by atoms with Gasteiger partial charge in [0.25, 0.3) is 0 Å². The standard InChI is InChI=1S/C26H32N4O4S/c1-4-24-21(20-8-6-7-9-25(20)34-24)17-28(3)18-26-27-22-16-19(10-11-23(22)30(26)5-2)35(31,32)29-12-14-33-15-13-29/h6-11,16H,4-5,12-15,17-18H2,1-3H3. The molecule has 3 heterocycles. The first-order valence-corrected chi connectivity index (χ1v) is 13.6. The minimum Gasteiger partial charge on any atom is -0.461 e. The Balaban J connectivity index is 1.42. The lowest BCUT2D eigenvalue weighted by molar-refractivity contribution is 0.0730. The van der Waals surface area contributed by atoms with Gasteiger partial charge < -0.3 is 13.7 Å². The molecule has 1 saturated heterocycles. The fourth-order valence-corrected chi connectivity index (χ4v) is 6.33. The van der Waals surface area contributed by atoms with Gasteiger partial charge in [-0.05, 0) is 38.2 Å². The molecule has 2 aromatic heterocycles. The predicted molar refractivity (Wildman–Crippen MR) is 136 cm³/mol. The van der Waals surface area contributed by atoms with Crippen LogP contribution in [0, 0.1) is 0 Å². The number of fused-ring (bicyclic) bond motifs is 2. The van der Waals surface area contributed by atoms with E-state index in [2.05, 4.69) is 36.4 Å². The van der Waals surface area contributed by atoms with Gasteiger partial charge in [0.15, 0.2) is 0 Å². The fraction of sp³-hybridized carbons (Fsp3) is 0.423. The summed E-state index contributed by atoms with van der Waals surface area (Å²) < 4.78 is 41.3. The molecule has 0 spiro atoms. The van der Waals surface area contributed by atoms with Crippen molar-refractivity contribution in [2.24, 2.45) is 0 Å². The molecule has 1 aliphatic heterocycles. The van der Waals surface area contributed by atoms with E-state index in [0.717, 1.165) is 47.6 Å². The van der Waals surface area contributed by atoms with Crippen LogP contribution in [0.15, 0.2) is 51.8 Å². The lowest BCUT2D eigenvalue weighted by Crippen LogP contribution is -2.40. The highest BCUT2D eigenvalue weighted by molar-refractivity contribution is 7.89. The van der Waals surface area contributed by atoms with E-state index in [-0.39, 0.29) is 4.90 Å². The van der Waals surface area contributed by atoms with Crippen LogP contribution in [0.1, 0.15) is 31.0 Å². The van der Waals surface area contributed by atoms with Gasteiger partial charge in [0.2, 0.25) is 10.0 Å². The number of furan rings is 1. The van der Waals surface area contributed by atoms with Gasteiger partial charge in [-0.3, -0.25) is 4.90 Å². The van der Waals surface area contributed by atoms with Crippen LogP contribution in [-0.4, -0.2) is 60.5 Å². The monoisotopic (exact) mass is 496 g/mol. The summed E-state index contributed by atoms with van der Waals surface area (Å²) in [7, 11) is -1.49. The average Bonchev–Trinajstić information content (AvgIpc) is 3.41. The van der Waals surface area contributed by atoms with Gasteiger partial charge in [0.1, 0.15) is 17.2 Å². The van der Waals surface area contributed by atoms with Crippen LogP contribution in [0.5, 0.6) is 0 Å². The van der Waals surface area contributed by atoms with Gasteiger partial charge >= 0.3 is 0 Å². The number of aromatic nitrogens is 2. The number of hydrogen-bond acceptors (Lipinski definition) is 6. The molecule has 0 N–H and O–H groups in total. The van der Waals surface area contributed by atoms with E-state index in [9.17, 15) is 8.42 Å². The van der Waals surface area contributed by atoms with Crippen molar-refractivity contribution >= 4 is 32.0 Å². The van der Waals surface area contributed by atoms with Crippen LogP contribution < -0.4 is 0 Å². The van der Waals surface area contributed by atoms with Crippen molar-refractivity contribution < 1.29 is 17.6 Å². The number of aryl methyl sites for hydroxylation is 2. The SMILES string of the molecule is CCc1oc2ccccc2c1CN(C)Cc1nc2cc(S(=O)(=O)N3CCOCC3)ccc2n1CC. The van der Waals surface area contributed by atoms with Crippen molar-refractivity contribution in [3.05, 3.63) is 59.6 Å². The normalized spacial score (nSPS) is 15.5. The molecule has 5 rings (SSSR count). The van der Waals surface area contributed by atoms with Gasteiger partial charge in [-0.2, -0.15) is 4.31 Å². The molecule has 0 atom stereocenters. The number of ether oxygens (including phenoxy) is 1. The van der Waals surface area contributed by atoms with Gasteiger partial charge in [0.05, 0.1) is 35.7 Å². The van der Waals surface area contributed by atoms with Crippen molar-refractivity contribution in [1.82, 2.24) is 18.8 Å². The molecule has 4 aromatic rings. The third-order valence-electron chi connectivity index (χ3n) is 6.67. The van der Waals surface area contributed by atoms with E-state index in [4.69, 9.17) is 14.1 Å². The number of imidazole rings is 1. The molecule has 8 nitrogen and oxygen atoms in total. The molecule has 35 heavy (non-hydrogen) atoms. The molecule has 186 valence electrons. The smallest absolute Gasteiger partial charge is 0.243 e. The highest BCUT2D eigenvalue weighted by atomic mass is 32.2. The Morgan fingerprint density at radius 3 is 2.57 bits per heavy atom. The van der Waals surface area contributed by atoms with Crippen LogP contribution >= 0.6 is 0 Å². The minimum absolute atomic E-state index is 0.282. The number of hydrogen-bond donors (Lipinski definition) is 0. The fourth-order valence-electron chi connectivity index (χ4n) is 4.91. The molecule has 9 heteroatoms. The van der Waals surface area contributed by atoms with E-state index in [1.165, 1.54) is 9.87 Å². The summed E-state index contributed by atoms with van der Waals surface area (Å²) in [6.45, 7) is 7.93. The molecule has 0 unspecified atom stereocenters. The first-order valence-electron chi connectivity index (χ1n) is 12.2. The molecule has 1 aliphatic rings. The lowest BCUT2D eigenvalue weighted by atomic mass is 10.1. The Hall–Kier alpha value is -2.72. The van der Waals surface area contributed by atoms with E-state index in [1.54, 1.807) is 12.1 Å². The summed E-state index contributed by atoms with van der Waals surface area (Å²) in [6, 6.07) is 13.4.